The Labute approximate surface area is 537 Å². The van der Waals surface area contributed by atoms with Crippen LogP contribution in [0.3, 0.4) is 0 Å². The standard InChI is InChI=1S/C84H94BN3S/c1-50-51-25-22-37-84(18,38-36-51)64-49-74-63(46-61(50)64)76-77(89-74)85-67-47-65-66(83(16,17)40-39-82(65,14)15)48-71(67)86(57-31-26-53(27-32-57)78(2,3)4)72-44-58(87-69-42-55(80(8,9)10)28-33-59(69)60-34-29-56(43-70(60)87)81(11,12)13)45-73(75(72)85)88(76)68-35-30-54(79(5,6)7)41-62(68)52-23-20-19-21-24-52/h19-21,23-24,26-35,41-51H,22,25,36-40H2,1-18H3. The second-order valence-corrected chi connectivity index (χ2v) is 35.0. The van der Waals surface area contributed by atoms with Gasteiger partial charge in [0.15, 0.2) is 0 Å². The molecular formula is C84H94BN3S. The lowest BCUT2D eigenvalue weighted by Gasteiger charge is -2.47. The molecule has 3 unspecified atom stereocenters. The van der Waals surface area contributed by atoms with Crippen LogP contribution in [0.25, 0.3) is 48.7 Å². The monoisotopic (exact) mass is 1190 g/mol. The van der Waals surface area contributed by atoms with Crippen molar-refractivity contribution in [3.8, 4) is 16.8 Å². The van der Waals surface area contributed by atoms with Crippen LogP contribution in [0.15, 0.2) is 146 Å². The van der Waals surface area contributed by atoms with E-state index >= 15 is 0 Å². The number of thiophene rings is 1. The maximum absolute atomic E-state index is 2.82. The van der Waals surface area contributed by atoms with E-state index < -0.39 is 0 Å². The highest BCUT2D eigenvalue weighted by Crippen LogP contribution is 2.57. The Morgan fingerprint density at radius 1 is 0.472 bits per heavy atom. The van der Waals surface area contributed by atoms with Gasteiger partial charge in [-0.05, 0) is 216 Å². The van der Waals surface area contributed by atoms with Crippen molar-refractivity contribution in [2.24, 2.45) is 5.92 Å². The summed E-state index contributed by atoms with van der Waals surface area (Å²) in [5.74, 6) is 1.18. The highest BCUT2D eigenvalue weighted by atomic mass is 32.1. The van der Waals surface area contributed by atoms with Gasteiger partial charge in [-0.25, -0.2) is 0 Å². The molecule has 5 heteroatoms. The average molecular weight is 1190 g/mol. The average Bonchev–Trinajstić information content (AvgIpc) is 1.68. The van der Waals surface area contributed by atoms with Crippen LogP contribution in [-0.4, -0.2) is 11.3 Å². The number of anilines is 6. The van der Waals surface area contributed by atoms with Gasteiger partial charge in [-0.2, -0.15) is 0 Å². The van der Waals surface area contributed by atoms with Gasteiger partial charge in [0.05, 0.1) is 28.1 Å². The number of fused-ring (bicyclic) bond motifs is 15. The lowest BCUT2D eigenvalue weighted by molar-refractivity contribution is 0.332. The molecule has 15 rings (SSSR count). The van der Waals surface area contributed by atoms with Crippen LogP contribution in [0.1, 0.15) is 220 Å². The molecule has 1 saturated carbocycles. The van der Waals surface area contributed by atoms with Crippen LogP contribution in [0, 0.1) is 5.92 Å². The number of hydrogen-bond acceptors (Lipinski definition) is 3. The predicted octanol–water partition coefficient (Wildman–Crippen LogP) is 22.2. The molecule has 454 valence electrons. The van der Waals surface area contributed by atoms with Gasteiger partial charge in [0.25, 0.3) is 6.71 Å². The maximum Gasteiger partial charge on any atom is 0.264 e. The van der Waals surface area contributed by atoms with E-state index in [4.69, 9.17) is 0 Å². The molecule has 0 radical (unpaired) electrons. The molecule has 2 bridgehead atoms. The van der Waals surface area contributed by atoms with Crippen LogP contribution < -0.4 is 25.5 Å². The van der Waals surface area contributed by atoms with E-state index in [9.17, 15) is 0 Å². The third-order valence-corrected chi connectivity index (χ3v) is 24.2. The molecular weight excluding hydrogens is 1090 g/mol. The van der Waals surface area contributed by atoms with E-state index in [1.165, 1.54) is 164 Å². The van der Waals surface area contributed by atoms with Crippen molar-refractivity contribution in [3.05, 3.63) is 190 Å². The van der Waals surface area contributed by atoms with Gasteiger partial charge >= 0.3 is 0 Å². The van der Waals surface area contributed by atoms with Crippen molar-refractivity contribution in [1.29, 1.82) is 0 Å². The van der Waals surface area contributed by atoms with Gasteiger partial charge in [-0.1, -0.05) is 210 Å². The summed E-state index contributed by atoms with van der Waals surface area (Å²) in [6.07, 6.45) is 8.80. The Balaban J connectivity index is 1.15. The summed E-state index contributed by atoms with van der Waals surface area (Å²) in [5.41, 5.74) is 28.1. The van der Waals surface area contributed by atoms with Crippen LogP contribution in [-0.2, 0) is 37.9 Å². The van der Waals surface area contributed by atoms with Crippen LogP contribution in [0.4, 0.5) is 34.1 Å². The van der Waals surface area contributed by atoms with E-state index in [1.807, 2.05) is 0 Å². The molecule has 5 aliphatic rings. The first-order chi connectivity index (χ1) is 41.9. The second kappa shape index (κ2) is 19.6. The Hall–Kier alpha value is -6.82. The highest BCUT2D eigenvalue weighted by Gasteiger charge is 2.50. The van der Waals surface area contributed by atoms with Crippen LogP contribution in [0.2, 0.25) is 0 Å². The van der Waals surface area contributed by atoms with Gasteiger partial charge in [0, 0.05) is 53.9 Å². The molecule has 10 aromatic rings. The van der Waals surface area contributed by atoms with Gasteiger partial charge in [-0.15, -0.1) is 11.3 Å². The predicted molar refractivity (Wildman–Crippen MR) is 388 cm³/mol. The van der Waals surface area contributed by atoms with Gasteiger partial charge in [0.2, 0.25) is 0 Å². The zero-order chi connectivity index (χ0) is 62.6. The zero-order valence-electron chi connectivity index (χ0n) is 56.8. The summed E-state index contributed by atoms with van der Waals surface area (Å²) in [4.78, 5) is 5.56. The van der Waals surface area contributed by atoms with E-state index in [0.29, 0.717) is 11.8 Å². The third-order valence-electron chi connectivity index (χ3n) is 22.9. The number of benzene rings is 8. The van der Waals surface area contributed by atoms with Crippen molar-refractivity contribution >= 4 is 99.8 Å². The number of rotatable bonds is 4. The van der Waals surface area contributed by atoms with Crippen molar-refractivity contribution in [2.75, 3.05) is 9.80 Å². The van der Waals surface area contributed by atoms with E-state index in [1.54, 1.807) is 11.1 Å². The molecule has 89 heavy (non-hydrogen) atoms. The minimum atomic E-state index is -0.0706. The Morgan fingerprint density at radius 3 is 1.64 bits per heavy atom. The molecule has 2 aromatic heterocycles. The van der Waals surface area contributed by atoms with Crippen molar-refractivity contribution in [1.82, 2.24) is 4.57 Å². The van der Waals surface area contributed by atoms with E-state index in [-0.39, 0.29) is 44.6 Å². The summed E-state index contributed by atoms with van der Waals surface area (Å²) >= 11 is 2.11. The molecule has 3 nitrogen and oxygen atoms in total. The summed E-state index contributed by atoms with van der Waals surface area (Å²) in [5, 5.41) is 3.97. The quantitative estimate of drug-likeness (QED) is 0.163. The highest BCUT2D eigenvalue weighted by molar-refractivity contribution is 7.33. The van der Waals surface area contributed by atoms with Crippen molar-refractivity contribution < 1.29 is 0 Å². The number of nitrogens with zero attached hydrogens (tertiary/aromatic N) is 3. The molecule has 4 heterocycles. The molecule has 1 fully saturated rings. The normalized spacial score (nSPS) is 20.3. The summed E-state index contributed by atoms with van der Waals surface area (Å²) in [6, 6.07) is 59.5. The second-order valence-electron chi connectivity index (χ2n) is 34.0. The van der Waals surface area contributed by atoms with Gasteiger partial charge in [0.1, 0.15) is 0 Å². The van der Waals surface area contributed by atoms with Gasteiger partial charge in [-0.3, -0.25) is 0 Å². The van der Waals surface area contributed by atoms with Crippen molar-refractivity contribution in [2.45, 2.75) is 213 Å². The molecule has 0 N–H and O–H groups in total. The first-order valence-corrected chi connectivity index (χ1v) is 34.7. The van der Waals surface area contributed by atoms with E-state index in [0.717, 1.165) is 12.8 Å². The minimum absolute atomic E-state index is 0.00440. The van der Waals surface area contributed by atoms with E-state index in [2.05, 4.69) is 296 Å². The molecule has 2 aliphatic heterocycles. The Kier molecular flexibility index (Phi) is 12.9. The zero-order valence-corrected chi connectivity index (χ0v) is 57.6. The lowest BCUT2D eigenvalue weighted by Crippen LogP contribution is -2.61. The van der Waals surface area contributed by atoms with Crippen molar-refractivity contribution in [3.63, 3.8) is 0 Å². The molecule has 3 aliphatic carbocycles. The number of hydrogen-bond donors (Lipinski definition) is 0. The molecule has 3 atom stereocenters. The maximum atomic E-state index is 2.82. The molecule has 0 saturated heterocycles. The van der Waals surface area contributed by atoms with Crippen LogP contribution >= 0.6 is 11.3 Å². The Morgan fingerprint density at radius 2 is 1.03 bits per heavy atom. The first kappa shape index (κ1) is 58.6. The summed E-state index contributed by atoms with van der Waals surface area (Å²) in [7, 11) is 0. The minimum Gasteiger partial charge on any atom is -0.311 e. The molecule has 8 aromatic carbocycles. The smallest absolute Gasteiger partial charge is 0.264 e. The number of aromatic nitrogens is 1. The Bertz CT molecular complexity index is 4490. The van der Waals surface area contributed by atoms with Crippen LogP contribution in [0.5, 0.6) is 0 Å². The third kappa shape index (κ3) is 9.13. The summed E-state index contributed by atoms with van der Waals surface area (Å²) in [6.45, 7) is 43.6. The van der Waals surface area contributed by atoms with Gasteiger partial charge < -0.3 is 14.4 Å². The topological polar surface area (TPSA) is 11.4 Å². The fourth-order valence-electron chi connectivity index (χ4n) is 17.1. The summed E-state index contributed by atoms with van der Waals surface area (Å²) < 4.78 is 5.56. The fraction of sp³-hybridized carbons (Fsp3) is 0.405. The first-order valence-electron chi connectivity index (χ1n) is 33.9. The fourth-order valence-corrected chi connectivity index (χ4v) is 18.4. The SMILES string of the molecule is CC1c2cc3c4c(sc3cc2C2(C)CCCC1CC2)B1c2cc3c(cc2N(c2ccc(C(C)(C)C)cc2)c2cc(-n5c6cc(C(C)(C)C)ccc6c6ccc(C(C)(C)C)cc65)cc(c21)N4c1ccc(C(C)(C)C)cc1-c1ccccc1)C(C)(C)CCC3(C)C. The molecule has 0 spiro atoms. The lowest BCUT2D eigenvalue weighted by atomic mass is 9.35. The molecule has 0 amide bonds. The largest absolute Gasteiger partial charge is 0.311 e.